The third kappa shape index (κ3) is 4.28. The Bertz CT molecular complexity index is 971. The summed E-state index contributed by atoms with van der Waals surface area (Å²) < 4.78 is 17.4. The zero-order chi connectivity index (χ0) is 20.5. The van der Waals surface area contributed by atoms with Crippen molar-refractivity contribution < 1.29 is 9.18 Å². The number of anilines is 1. The second kappa shape index (κ2) is 8.26. The van der Waals surface area contributed by atoms with E-state index in [1.54, 1.807) is 24.4 Å². The molecule has 0 bridgehead atoms. The number of nitrogens with one attached hydrogen (secondary N) is 3. The Morgan fingerprint density at radius 3 is 2.63 bits per heavy atom. The highest BCUT2D eigenvalue weighted by Gasteiger charge is 2.31. The van der Waals surface area contributed by atoms with E-state index < -0.39 is 0 Å². The molecular weight excluding hydrogens is 401 g/mol. The lowest BCUT2D eigenvalue weighted by Crippen LogP contribution is -2.40. The van der Waals surface area contributed by atoms with Crippen molar-refractivity contribution in [2.24, 2.45) is 10.9 Å². The van der Waals surface area contributed by atoms with E-state index in [2.05, 4.69) is 20.3 Å². The summed E-state index contributed by atoms with van der Waals surface area (Å²) in [4.78, 5) is 22.0. The highest BCUT2D eigenvalue weighted by atomic mass is 32.2. The Morgan fingerprint density at radius 2 is 1.90 bits per heavy atom. The summed E-state index contributed by atoms with van der Waals surface area (Å²) in [5.41, 5.74) is 2.05. The molecule has 3 N–H and O–H groups in total. The number of pyridine rings is 1. The van der Waals surface area contributed by atoms with Crippen molar-refractivity contribution in [1.82, 2.24) is 15.0 Å². The topological polar surface area (TPSA) is 78.4 Å². The fourth-order valence-corrected chi connectivity index (χ4v) is 4.87. The van der Waals surface area contributed by atoms with Gasteiger partial charge < -0.3 is 15.4 Å². The van der Waals surface area contributed by atoms with E-state index in [1.807, 2.05) is 6.07 Å². The molecule has 0 radical (unpaired) electrons. The third-order valence-corrected chi connectivity index (χ3v) is 6.66. The Morgan fingerprint density at radius 1 is 1.10 bits per heavy atom. The summed E-state index contributed by atoms with van der Waals surface area (Å²) in [6, 6.07) is 8.79. The number of hydrogen-bond acceptors (Lipinski definition) is 6. The second-order valence-corrected chi connectivity index (χ2v) is 9.00. The smallest absolute Gasteiger partial charge is 0.270 e. The molecule has 156 valence electrons. The lowest BCUT2D eigenvalue weighted by Gasteiger charge is -2.31. The van der Waals surface area contributed by atoms with Gasteiger partial charge in [0.2, 0.25) is 0 Å². The van der Waals surface area contributed by atoms with Gasteiger partial charge in [-0.3, -0.25) is 9.78 Å². The van der Waals surface area contributed by atoms with Gasteiger partial charge in [-0.25, -0.2) is 9.38 Å². The lowest BCUT2D eigenvalue weighted by molar-refractivity contribution is 0.0921. The zero-order valence-electron chi connectivity index (χ0n) is 16.5. The molecule has 0 saturated heterocycles. The van der Waals surface area contributed by atoms with Gasteiger partial charge in [0.05, 0.1) is 10.6 Å². The van der Waals surface area contributed by atoms with Crippen molar-refractivity contribution in [2.45, 2.75) is 55.5 Å². The van der Waals surface area contributed by atoms with Crippen LogP contribution in [0.3, 0.4) is 0 Å². The average Bonchev–Trinajstić information content (AvgIpc) is 3.61. The highest BCUT2D eigenvalue weighted by Crippen LogP contribution is 2.43. The SMILES string of the molecule is O=C(NC1CCC(Nc2cc(F)cc3c2N=C(C2CC2)NS3)CC1)c1ccccn1. The molecule has 2 fully saturated rings. The summed E-state index contributed by atoms with van der Waals surface area (Å²) >= 11 is 1.45. The predicted molar refractivity (Wildman–Crippen MR) is 117 cm³/mol. The molecule has 2 heterocycles. The quantitative estimate of drug-likeness (QED) is 0.618. The van der Waals surface area contributed by atoms with E-state index in [0.29, 0.717) is 11.6 Å². The van der Waals surface area contributed by atoms with E-state index in [4.69, 9.17) is 4.99 Å². The minimum atomic E-state index is -0.257. The molecular formula is C22H24FN5OS. The fraction of sp³-hybridized carbons (Fsp3) is 0.409. The molecule has 6 nitrogen and oxygen atoms in total. The number of hydrogen-bond donors (Lipinski definition) is 3. The molecule has 3 aliphatic rings. The van der Waals surface area contributed by atoms with Gasteiger partial charge in [0.1, 0.15) is 23.0 Å². The van der Waals surface area contributed by atoms with Crippen LogP contribution in [0.1, 0.15) is 49.0 Å². The molecule has 8 heteroatoms. The fourth-order valence-electron chi connectivity index (χ4n) is 4.02. The minimum absolute atomic E-state index is 0.127. The molecule has 0 unspecified atom stereocenters. The number of nitrogens with zero attached hydrogens (tertiary/aromatic N) is 2. The van der Waals surface area contributed by atoms with E-state index in [1.165, 1.54) is 30.9 Å². The lowest BCUT2D eigenvalue weighted by atomic mass is 9.90. The van der Waals surface area contributed by atoms with Gasteiger partial charge in [0.25, 0.3) is 5.91 Å². The first kappa shape index (κ1) is 19.4. The van der Waals surface area contributed by atoms with Crippen molar-refractivity contribution in [2.75, 3.05) is 5.32 Å². The molecule has 0 atom stereocenters. The first-order valence-electron chi connectivity index (χ1n) is 10.5. The van der Waals surface area contributed by atoms with Gasteiger partial charge in [0, 0.05) is 24.2 Å². The number of aliphatic imine (C=N–C) groups is 1. The highest BCUT2D eigenvalue weighted by molar-refractivity contribution is 7.98. The summed E-state index contributed by atoms with van der Waals surface area (Å²) in [5, 5.41) is 6.60. The Balaban J connectivity index is 1.22. The van der Waals surface area contributed by atoms with Crippen LogP contribution in [0.25, 0.3) is 0 Å². The van der Waals surface area contributed by atoms with Gasteiger partial charge in [-0.05, 0) is 74.7 Å². The Labute approximate surface area is 179 Å². The molecule has 0 spiro atoms. The van der Waals surface area contributed by atoms with Crippen LogP contribution in [0, 0.1) is 11.7 Å². The number of fused-ring (bicyclic) bond motifs is 1. The van der Waals surface area contributed by atoms with E-state index in [-0.39, 0.29) is 23.8 Å². The van der Waals surface area contributed by atoms with Crippen LogP contribution in [0.5, 0.6) is 0 Å². The Kier molecular flexibility index (Phi) is 5.33. The van der Waals surface area contributed by atoms with Crippen LogP contribution < -0.4 is 15.4 Å². The number of amidine groups is 1. The van der Waals surface area contributed by atoms with Gasteiger partial charge in [0.15, 0.2) is 0 Å². The molecule has 2 saturated carbocycles. The van der Waals surface area contributed by atoms with Crippen molar-refractivity contribution in [3.63, 3.8) is 0 Å². The maximum absolute atomic E-state index is 14.2. The number of aromatic nitrogens is 1. The van der Waals surface area contributed by atoms with E-state index >= 15 is 0 Å². The number of halogens is 1. The first-order valence-corrected chi connectivity index (χ1v) is 11.3. The van der Waals surface area contributed by atoms with Crippen molar-refractivity contribution in [3.8, 4) is 0 Å². The van der Waals surface area contributed by atoms with Gasteiger partial charge in [-0.15, -0.1) is 0 Å². The largest absolute Gasteiger partial charge is 0.380 e. The molecule has 1 amide bonds. The van der Waals surface area contributed by atoms with Gasteiger partial charge in [-0.1, -0.05) is 6.07 Å². The minimum Gasteiger partial charge on any atom is -0.380 e. The molecule has 1 aromatic heterocycles. The Hall–Kier alpha value is -2.61. The molecule has 30 heavy (non-hydrogen) atoms. The average molecular weight is 426 g/mol. The summed E-state index contributed by atoms with van der Waals surface area (Å²) in [6.45, 7) is 0. The number of amides is 1. The summed E-state index contributed by atoms with van der Waals surface area (Å²) in [7, 11) is 0. The van der Waals surface area contributed by atoms with Gasteiger partial charge in [-0.2, -0.15) is 0 Å². The first-order chi connectivity index (χ1) is 14.7. The van der Waals surface area contributed by atoms with Crippen LogP contribution in [0.4, 0.5) is 15.8 Å². The predicted octanol–water partition coefficient (Wildman–Crippen LogP) is 4.42. The van der Waals surface area contributed by atoms with E-state index in [9.17, 15) is 9.18 Å². The van der Waals surface area contributed by atoms with Crippen LogP contribution >= 0.6 is 11.9 Å². The maximum atomic E-state index is 14.2. The molecule has 5 rings (SSSR count). The van der Waals surface area contributed by atoms with Crippen molar-refractivity contribution in [1.29, 1.82) is 0 Å². The maximum Gasteiger partial charge on any atom is 0.270 e. The standard InChI is InChI=1S/C22H24FN5OS/c23-14-11-18(20-19(12-14)30-28-21(27-20)13-4-5-13)25-15-6-8-16(9-7-15)26-22(29)17-3-1-2-10-24-17/h1-3,10-13,15-16,25H,4-9H2,(H,26,29)(H,27,28). The van der Waals surface area contributed by atoms with Gasteiger partial charge >= 0.3 is 0 Å². The molecule has 1 aliphatic heterocycles. The van der Waals surface area contributed by atoms with Crippen LogP contribution in [-0.4, -0.2) is 28.8 Å². The molecule has 2 aromatic rings. The van der Waals surface area contributed by atoms with Crippen LogP contribution in [0.2, 0.25) is 0 Å². The monoisotopic (exact) mass is 425 g/mol. The summed E-state index contributed by atoms with van der Waals surface area (Å²) in [5.74, 6) is 1.13. The van der Waals surface area contributed by atoms with Crippen molar-refractivity contribution >= 4 is 35.1 Å². The summed E-state index contributed by atoms with van der Waals surface area (Å²) in [6.07, 6.45) is 7.52. The second-order valence-electron chi connectivity index (χ2n) is 8.16. The number of rotatable bonds is 5. The van der Waals surface area contributed by atoms with E-state index in [0.717, 1.165) is 47.8 Å². The van der Waals surface area contributed by atoms with Crippen molar-refractivity contribution in [3.05, 3.63) is 48.0 Å². The third-order valence-electron chi connectivity index (χ3n) is 5.82. The number of benzene rings is 1. The molecule has 1 aromatic carbocycles. The normalized spacial score (nSPS) is 23.0. The number of carbonyl (C=O) groups is 1. The molecule has 2 aliphatic carbocycles. The van der Waals surface area contributed by atoms with Crippen LogP contribution in [0.15, 0.2) is 46.4 Å². The van der Waals surface area contributed by atoms with Crippen LogP contribution in [-0.2, 0) is 0 Å². The number of carbonyl (C=O) groups excluding carboxylic acids is 1. The zero-order valence-corrected chi connectivity index (χ0v) is 17.3.